The molecule has 0 aromatic heterocycles. The Morgan fingerprint density at radius 2 is 1.62 bits per heavy atom. The van der Waals surface area contributed by atoms with Crippen molar-refractivity contribution >= 4 is 79.1 Å². The Bertz CT molecular complexity index is 1490. The van der Waals surface area contributed by atoms with Gasteiger partial charge >= 0.3 is 0 Å². The monoisotopic (exact) mass is 624 g/mol. The molecule has 1 heterocycles. The minimum absolute atomic E-state index is 0.0387. The number of ether oxygens (including phenoxy) is 1. The van der Waals surface area contributed by atoms with Gasteiger partial charge in [0, 0.05) is 49.9 Å². The number of aldehydes is 2. The molecule has 1 atom stereocenters. The van der Waals surface area contributed by atoms with E-state index in [4.69, 9.17) is 59.7 Å². The second kappa shape index (κ2) is 13.7. The summed E-state index contributed by atoms with van der Waals surface area (Å²) < 4.78 is 21.5. The minimum atomic E-state index is -2.54. The molecular formula is C31H36B7FN4O4. The Morgan fingerprint density at radius 3 is 2.15 bits per heavy atom. The van der Waals surface area contributed by atoms with Crippen LogP contribution in [0.2, 0.25) is 10.4 Å². The van der Waals surface area contributed by atoms with E-state index in [2.05, 4.69) is 15.5 Å². The third-order valence-electron chi connectivity index (χ3n) is 8.48. The molecule has 1 fully saturated rings. The molecule has 8 nitrogen and oxygen atoms in total. The van der Waals surface area contributed by atoms with Crippen molar-refractivity contribution in [3.63, 3.8) is 0 Å². The third-order valence-corrected chi connectivity index (χ3v) is 8.48. The van der Waals surface area contributed by atoms with E-state index in [-0.39, 0.29) is 46.4 Å². The SMILES string of the molecule is [B]C([B])(Nc1cccc(C=O)c1CN(C)C([B])(C=O)C([B])([B])C([B])([B])C(=O)NC)c1cc(CN2CC(C)(C)OC(C)(C)C2)ccc1F. The highest BCUT2D eigenvalue weighted by atomic mass is 19.1. The molecule has 2 aromatic carbocycles. The van der Waals surface area contributed by atoms with Gasteiger partial charge < -0.3 is 20.2 Å². The molecule has 1 saturated heterocycles. The number of nitrogens with zero attached hydrogens (tertiary/aromatic N) is 2. The van der Waals surface area contributed by atoms with Crippen LogP contribution in [0.15, 0.2) is 36.4 Å². The van der Waals surface area contributed by atoms with Crippen LogP contribution in [0.4, 0.5) is 10.1 Å². The fraction of sp³-hybridized carbons (Fsp3) is 0.516. The Morgan fingerprint density at radius 1 is 1.02 bits per heavy atom. The lowest BCUT2D eigenvalue weighted by atomic mass is 9.22. The van der Waals surface area contributed by atoms with Crippen molar-refractivity contribution in [2.24, 2.45) is 0 Å². The fourth-order valence-electron chi connectivity index (χ4n) is 6.20. The van der Waals surface area contributed by atoms with Crippen molar-refractivity contribution < 1.29 is 23.5 Å². The molecule has 1 aliphatic rings. The first-order valence-electron chi connectivity index (χ1n) is 15.0. The quantitative estimate of drug-likeness (QED) is 0.252. The van der Waals surface area contributed by atoms with E-state index in [9.17, 15) is 14.4 Å². The van der Waals surface area contributed by atoms with Gasteiger partial charge in [0.1, 0.15) is 26.2 Å². The van der Waals surface area contributed by atoms with Gasteiger partial charge in [-0.2, -0.15) is 0 Å². The predicted octanol–water partition coefficient (Wildman–Crippen LogP) is 0.735. The van der Waals surface area contributed by atoms with Crippen LogP contribution in [0.25, 0.3) is 0 Å². The molecular weight excluding hydrogens is 587 g/mol. The van der Waals surface area contributed by atoms with E-state index in [1.165, 1.54) is 31.1 Å². The first kappa shape index (κ1) is 38.8. The zero-order valence-corrected chi connectivity index (χ0v) is 27.9. The third kappa shape index (κ3) is 7.97. The van der Waals surface area contributed by atoms with Crippen LogP contribution in [0, 0.1) is 5.82 Å². The van der Waals surface area contributed by atoms with Gasteiger partial charge in [-0.25, -0.2) is 4.39 Å². The number of carbonyl (C=O) groups is 3. The van der Waals surface area contributed by atoms with E-state index in [1.54, 1.807) is 24.3 Å². The molecule has 1 aliphatic heterocycles. The van der Waals surface area contributed by atoms with E-state index >= 15 is 4.39 Å². The number of halogens is 1. The topological polar surface area (TPSA) is 91.0 Å². The average molecular weight is 623 g/mol. The minimum Gasteiger partial charge on any atom is -0.392 e. The van der Waals surface area contributed by atoms with Crippen LogP contribution in [0.3, 0.4) is 0 Å². The summed E-state index contributed by atoms with van der Waals surface area (Å²) in [6.07, 6.45) is 0.766. The summed E-state index contributed by atoms with van der Waals surface area (Å²) in [6.45, 7) is 9.58. The standard InChI is InChI=1S/C31H36B7FN4O4/c1-26(2)16-43(17-27(3,4)47-26)13-19-10-11-23(39)22(12-19)30(35,36)41-24-9-7-8-20(15-44)21(24)14-42(6)28(32,18-45)31(37,38)29(33,34)25(46)40-5/h7-12,15,18,41H,13-14,16-17H2,1-6H3,(H,40,46). The van der Waals surface area contributed by atoms with Gasteiger partial charge in [-0.05, 0) is 74.1 Å². The lowest BCUT2D eigenvalue weighted by Gasteiger charge is -2.56. The van der Waals surface area contributed by atoms with Gasteiger partial charge in [-0.1, -0.05) is 29.5 Å². The van der Waals surface area contributed by atoms with Gasteiger partial charge in [0.15, 0.2) is 0 Å². The number of rotatable bonds is 13. The lowest BCUT2D eigenvalue weighted by Crippen LogP contribution is -2.64. The summed E-state index contributed by atoms with van der Waals surface area (Å²) in [6, 6.07) is 9.16. The van der Waals surface area contributed by atoms with Crippen molar-refractivity contribution in [3.05, 3.63) is 64.5 Å². The van der Waals surface area contributed by atoms with E-state index in [0.717, 1.165) is 5.56 Å². The highest BCUT2D eigenvalue weighted by Crippen LogP contribution is 2.50. The Hall–Kier alpha value is -2.69. The number of morpholine rings is 1. The zero-order chi connectivity index (χ0) is 35.8. The maximum absolute atomic E-state index is 15.4. The molecule has 0 aliphatic carbocycles. The van der Waals surface area contributed by atoms with Gasteiger partial charge in [-0.3, -0.25) is 19.4 Å². The Labute approximate surface area is 287 Å². The van der Waals surface area contributed by atoms with Gasteiger partial charge in [0.05, 0.1) is 58.3 Å². The molecule has 14 radical (unpaired) electrons. The molecule has 0 saturated carbocycles. The molecule has 2 N–H and O–H groups in total. The smallest absolute Gasteiger partial charge is 0.207 e. The van der Waals surface area contributed by atoms with Crippen LogP contribution in [-0.2, 0) is 32.8 Å². The first-order valence-corrected chi connectivity index (χ1v) is 15.0. The number of nitrogens with one attached hydrogen (secondary N) is 2. The number of benzene rings is 2. The summed E-state index contributed by atoms with van der Waals surface area (Å²) in [4.78, 5) is 40.5. The molecule has 16 heteroatoms. The normalized spacial score (nSPS) is 18.2. The van der Waals surface area contributed by atoms with Crippen molar-refractivity contribution in [3.8, 4) is 0 Å². The fourth-order valence-corrected chi connectivity index (χ4v) is 6.20. The van der Waals surface area contributed by atoms with Crippen LogP contribution < -0.4 is 10.6 Å². The van der Waals surface area contributed by atoms with Crippen molar-refractivity contribution in [1.29, 1.82) is 0 Å². The number of hydrogen-bond acceptors (Lipinski definition) is 7. The van der Waals surface area contributed by atoms with Crippen molar-refractivity contribution in [2.75, 3.05) is 32.5 Å². The summed E-state index contributed by atoms with van der Waals surface area (Å²) in [5.74, 6) is -1.64. The molecule has 2 aromatic rings. The Kier molecular flexibility index (Phi) is 11.3. The zero-order valence-electron chi connectivity index (χ0n) is 27.9. The van der Waals surface area contributed by atoms with E-state index in [0.29, 0.717) is 25.9 Å². The molecule has 1 unspecified atom stereocenters. The molecule has 47 heavy (non-hydrogen) atoms. The number of carbonyl (C=O) groups excluding carboxylic acids is 3. The number of hydrogen-bond donors (Lipinski definition) is 2. The van der Waals surface area contributed by atoms with Crippen LogP contribution in [-0.4, -0.2) is 127 Å². The average Bonchev–Trinajstić information content (AvgIpc) is 2.95. The van der Waals surface area contributed by atoms with E-state index < -0.39 is 32.9 Å². The molecule has 3 rings (SSSR count). The van der Waals surface area contributed by atoms with Crippen LogP contribution in [0.5, 0.6) is 0 Å². The molecule has 0 spiro atoms. The molecule has 232 valence electrons. The highest BCUT2D eigenvalue weighted by Gasteiger charge is 2.53. The maximum atomic E-state index is 15.4. The highest BCUT2D eigenvalue weighted by molar-refractivity contribution is 6.64. The van der Waals surface area contributed by atoms with Crippen molar-refractivity contribution in [2.45, 2.75) is 73.2 Å². The van der Waals surface area contributed by atoms with Crippen molar-refractivity contribution in [1.82, 2.24) is 15.1 Å². The Balaban J connectivity index is 1.98. The number of amides is 1. The van der Waals surface area contributed by atoms with Crippen LogP contribution >= 0.6 is 0 Å². The lowest BCUT2D eigenvalue weighted by molar-refractivity contribution is -0.182. The summed E-state index contributed by atoms with van der Waals surface area (Å²) in [5.41, 5.74) is -1.81. The second-order valence-electron chi connectivity index (χ2n) is 13.7. The van der Waals surface area contributed by atoms with E-state index in [1.807, 2.05) is 27.7 Å². The molecule has 0 bridgehead atoms. The summed E-state index contributed by atoms with van der Waals surface area (Å²) in [7, 11) is 46.5. The summed E-state index contributed by atoms with van der Waals surface area (Å²) >= 11 is 0. The maximum Gasteiger partial charge on any atom is 0.207 e. The summed E-state index contributed by atoms with van der Waals surface area (Å²) in [5, 5.41) is -1.87. The molecule has 1 amide bonds. The van der Waals surface area contributed by atoms with Gasteiger partial charge in [-0.15, -0.1) is 0 Å². The van der Waals surface area contributed by atoms with Gasteiger partial charge in [0.25, 0.3) is 0 Å². The number of likely N-dealkylation sites (N-methyl/N-ethyl adjacent to an activating group) is 1. The predicted molar refractivity (Wildman–Crippen MR) is 188 cm³/mol. The second-order valence-corrected chi connectivity index (χ2v) is 13.7. The van der Waals surface area contributed by atoms with Gasteiger partial charge in [0.2, 0.25) is 5.91 Å². The largest absolute Gasteiger partial charge is 0.392 e. The first-order chi connectivity index (χ1) is 21.5. The van der Waals surface area contributed by atoms with Crippen LogP contribution in [0.1, 0.15) is 54.7 Å². The number of anilines is 1.